The first-order valence-electron chi connectivity index (χ1n) is 9.69. The third-order valence-electron chi connectivity index (χ3n) is 5.07. The van der Waals surface area contributed by atoms with Crippen molar-refractivity contribution in [1.29, 1.82) is 0 Å². The van der Waals surface area contributed by atoms with E-state index in [1.54, 1.807) is 58.3 Å². The van der Waals surface area contributed by atoms with Gasteiger partial charge in [0, 0.05) is 37.3 Å². The lowest BCUT2D eigenvalue weighted by atomic mass is 10.1. The van der Waals surface area contributed by atoms with Crippen molar-refractivity contribution in [1.82, 2.24) is 4.90 Å². The molecule has 1 saturated heterocycles. The number of rotatable bonds is 6. The summed E-state index contributed by atoms with van der Waals surface area (Å²) in [7, 11) is 0. The van der Waals surface area contributed by atoms with E-state index in [1.165, 1.54) is 0 Å². The summed E-state index contributed by atoms with van der Waals surface area (Å²) in [5.74, 6) is -0.947. The highest BCUT2D eigenvalue weighted by molar-refractivity contribution is 6.33. The zero-order chi connectivity index (χ0) is 21.0. The molecule has 0 aromatic heterocycles. The van der Waals surface area contributed by atoms with Crippen molar-refractivity contribution in [3.8, 4) is 0 Å². The van der Waals surface area contributed by atoms with Gasteiger partial charge in [-0.05, 0) is 44.2 Å². The van der Waals surface area contributed by atoms with Crippen molar-refractivity contribution in [3.63, 3.8) is 0 Å². The normalized spacial score (nSPS) is 16.0. The largest absolute Gasteiger partial charge is 0.339 e. The molecule has 0 bridgehead atoms. The van der Waals surface area contributed by atoms with Gasteiger partial charge in [-0.2, -0.15) is 0 Å². The molecule has 152 valence electrons. The minimum atomic E-state index is -0.485. The molecule has 1 aliphatic rings. The molecule has 0 aliphatic carbocycles. The van der Waals surface area contributed by atoms with E-state index in [2.05, 4.69) is 5.32 Å². The number of hydrogen-bond acceptors (Lipinski definition) is 3. The van der Waals surface area contributed by atoms with Crippen LogP contribution in [0.15, 0.2) is 48.5 Å². The molecule has 0 radical (unpaired) electrons. The second-order valence-corrected chi connectivity index (χ2v) is 7.31. The highest BCUT2D eigenvalue weighted by atomic mass is 35.5. The van der Waals surface area contributed by atoms with Crippen LogP contribution in [-0.4, -0.2) is 42.3 Å². The number of carbonyl (C=O) groups is 3. The maximum absolute atomic E-state index is 12.7. The SMILES string of the molecule is CCN(CC)C(=O)c1cccc(NC(=O)C2CC(=O)N(c3ccccc3Cl)C2)c1. The average Bonchev–Trinajstić information content (AvgIpc) is 3.11. The summed E-state index contributed by atoms with van der Waals surface area (Å²) in [4.78, 5) is 40.9. The predicted octanol–water partition coefficient (Wildman–Crippen LogP) is 3.81. The summed E-state index contributed by atoms with van der Waals surface area (Å²) in [6, 6.07) is 14.0. The molecule has 3 rings (SSSR count). The molecule has 1 fully saturated rings. The van der Waals surface area contributed by atoms with Gasteiger partial charge >= 0.3 is 0 Å². The molecule has 7 heteroatoms. The number of hydrogen-bond donors (Lipinski definition) is 1. The lowest BCUT2D eigenvalue weighted by Gasteiger charge is -2.19. The van der Waals surface area contributed by atoms with Crippen LogP contribution in [0.25, 0.3) is 0 Å². The number of nitrogens with one attached hydrogen (secondary N) is 1. The Labute approximate surface area is 175 Å². The number of para-hydroxylation sites is 1. The Balaban J connectivity index is 1.70. The van der Waals surface area contributed by atoms with Gasteiger partial charge in [0.1, 0.15) is 0 Å². The number of benzene rings is 2. The zero-order valence-corrected chi connectivity index (χ0v) is 17.3. The van der Waals surface area contributed by atoms with Crippen molar-refractivity contribution >= 4 is 40.7 Å². The molecule has 0 saturated carbocycles. The van der Waals surface area contributed by atoms with E-state index in [0.717, 1.165) is 0 Å². The molecule has 6 nitrogen and oxygen atoms in total. The molecule has 3 amide bonds. The Morgan fingerprint density at radius 3 is 2.55 bits per heavy atom. The number of halogens is 1. The van der Waals surface area contributed by atoms with E-state index in [-0.39, 0.29) is 30.7 Å². The molecular formula is C22H24ClN3O3. The first kappa shape index (κ1) is 20.9. The van der Waals surface area contributed by atoms with Crippen LogP contribution in [0.2, 0.25) is 5.02 Å². The number of nitrogens with zero attached hydrogens (tertiary/aromatic N) is 2. The van der Waals surface area contributed by atoms with E-state index < -0.39 is 5.92 Å². The second-order valence-electron chi connectivity index (χ2n) is 6.90. The molecule has 1 N–H and O–H groups in total. The maximum Gasteiger partial charge on any atom is 0.253 e. The average molecular weight is 414 g/mol. The van der Waals surface area contributed by atoms with Gasteiger partial charge in [0.05, 0.1) is 16.6 Å². The van der Waals surface area contributed by atoms with Gasteiger partial charge in [-0.25, -0.2) is 0 Å². The second kappa shape index (κ2) is 9.09. The van der Waals surface area contributed by atoms with Crippen molar-refractivity contribution in [2.45, 2.75) is 20.3 Å². The highest BCUT2D eigenvalue weighted by Crippen LogP contribution is 2.31. The van der Waals surface area contributed by atoms with Crippen LogP contribution < -0.4 is 10.2 Å². The predicted molar refractivity (Wildman–Crippen MR) is 114 cm³/mol. The third kappa shape index (κ3) is 4.59. The van der Waals surface area contributed by atoms with Crippen molar-refractivity contribution in [2.75, 3.05) is 29.9 Å². The van der Waals surface area contributed by atoms with E-state index in [9.17, 15) is 14.4 Å². The van der Waals surface area contributed by atoms with Gasteiger partial charge in [0.15, 0.2) is 0 Å². The van der Waals surface area contributed by atoms with E-state index in [4.69, 9.17) is 11.6 Å². The summed E-state index contributed by atoms with van der Waals surface area (Å²) in [5.41, 5.74) is 1.67. The minimum absolute atomic E-state index is 0.0768. The molecule has 1 heterocycles. The summed E-state index contributed by atoms with van der Waals surface area (Å²) in [5, 5.41) is 3.32. The molecule has 1 unspecified atom stereocenters. The molecule has 29 heavy (non-hydrogen) atoms. The number of anilines is 2. The molecular weight excluding hydrogens is 390 g/mol. The maximum atomic E-state index is 12.7. The summed E-state index contributed by atoms with van der Waals surface area (Å²) in [6.07, 6.45) is 0.120. The smallest absolute Gasteiger partial charge is 0.253 e. The lowest BCUT2D eigenvalue weighted by molar-refractivity contribution is -0.122. The van der Waals surface area contributed by atoms with Crippen LogP contribution in [0.4, 0.5) is 11.4 Å². The Kier molecular flexibility index (Phi) is 6.54. The summed E-state index contributed by atoms with van der Waals surface area (Å²) >= 11 is 6.19. The standard InChI is InChI=1S/C22H24ClN3O3/c1-3-25(4-2)22(29)15-8-7-9-17(12-15)24-21(28)16-13-20(27)26(14-16)19-11-6-5-10-18(19)23/h5-12,16H,3-4,13-14H2,1-2H3,(H,24,28). The van der Waals surface area contributed by atoms with Crippen LogP contribution in [-0.2, 0) is 9.59 Å². The van der Waals surface area contributed by atoms with Crippen molar-refractivity contribution in [2.24, 2.45) is 5.92 Å². The minimum Gasteiger partial charge on any atom is -0.339 e. The van der Waals surface area contributed by atoms with Crippen molar-refractivity contribution in [3.05, 3.63) is 59.1 Å². The summed E-state index contributed by atoms with van der Waals surface area (Å²) in [6.45, 7) is 5.36. The Morgan fingerprint density at radius 2 is 1.86 bits per heavy atom. The zero-order valence-electron chi connectivity index (χ0n) is 16.5. The Hall–Kier alpha value is -2.86. The molecule has 1 aliphatic heterocycles. The fourth-order valence-corrected chi connectivity index (χ4v) is 3.69. The molecule has 2 aromatic rings. The number of carbonyl (C=O) groups excluding carboxylic acids is 3. The molecule has 2 aromatic carbocycles. The lowest BCUT2D eigenvalue weighted by Crippen LogP contribution is -2.30. The Bertz CT molecular complexity index is 927. The quantitative estimate of drug-likeness (QED) is 0.782. The third-order valence-corrected chi connectivity index (χ3v) is 5.39. The van der Waals surface area contributed by atoms with Crippen LogP contribution in [0.5, 0.6) is 0 Å². The van der Waals surface area contributed by atoms with Gasteiger partial charge in [-0.15, -0.1) is 0 Å². The topological polar surface area (TPSA) is 69.7 Å². The van der Waals surface area contributed by atoms with E-state index in [0.29, 0.717) is 35.1 Å². The van der Waals surface area contributed by atoms with Gasteiger partial charge in [-0.3, -0.25) is 14.4 Å². The monoisotopic (exact) mass is 413 g/mol. The van der Waals surface area contributed by atoms with E-state index >= 15 is 0 Å². The first-order valence-corrected chi connectivity index (χ1v) is 10.1. The molecule has 0 spiro atoms. The van der Waals surface area contributed by atoms with Gasteiger partial charge in [0.25, 0.3) is 5.91 Å². The van der Waals surface area contributed by atoms with Crippen LogP contribution in [0.3, 0.4) is 0 Å². The van der Waals surface area contributed by atoms with Gasteiger partial charge in [0.2, 0.25) is 11.8 Å². The summed E-state index contributed by atoms with van der Waals surface area (Å²) < 4.78 is 0. The van der Waals surface area contributed by atoms with Crippen LogP contribution in [0.1, 0.15) is 30.6 Å². The first-order chi connectivity index (χ1) is 13.9. The van der Waals surface area contributed by atoms with Crippen molar-refractivity contribution < 1.29 is 14.4 Å². The fraction of sp³-hybridized carbons (Fsp3) is 0.318. The van der Waals surface area contributed by atoms with Gasteiger partial charge < -0.3 is 15.1 Å². The van der Waals surface area contributed by atoms with E-state index in [1.807, 2.05) is 13.8 Å². The van der Waals surface area contributed by atoms with Crippen LogP contribution in [0, 0.1) is 5.92 Å². The van der Waals surface area contributed by atoms with Crippen LogP contribution >= 0.6 is 11.6 Å². The fourth-order valence-electron chi connectivity index (χ4n) is 3.45. The molecule has 1 atom stereocenters. The Morgan fingerprint density at radius 1 is 1.14 bits per heavy atom. The van der Waals surface area contributed by atoms with Gasteiger partial charge in [-0.1, -0.05) is 29.8 Å². The number of amides is 3. The highest BCUT2D eigenvalue weighted by Gasteiger charge is 2.35.